The Bertz CT molecular complexity index is 270. The molecule has 4 heteroatoms. The van der Waals surface area contributed by atoms with E-state index in [2.05, 4.69) is 5.32 Å². The number of amides is 1. The first kappa shape index (κ1) is 13.0. The summed E-state index contributed by atoms with van der Waals surface area (Å²) in [5, 5.41) is 2.77. The third kappa shape index (κ3) is 3.51. The van der Waals surface area contributed by atoms with Crippen LogP contribution in [0.5, 0.6) is 0 Å². The Morgan fingerprint density at radius 3 is 2.50 bits per heavy atom. The molecular formula is C12H21NO3. The van der Waals surface area contributed by atoms with Crippen molar-refractivity contribution in [3.63, 3.8) is 0 Å². The second-order valence-electron chi connectivity index (χ2n) is 5.52. The highest BCUT2D eigenvalue weighted by Gasteiger charge is 2.34. The van der Waals surface area contributed by atoms with Crippen LogP contribution in [0.2, 0.25) is 0 Å². The number of nitrogens with one attached hydrogen (secondary N) is 1. The van der Waals surface area contributed by atoms with Crippen molar-refractivity contribution in [2.45, 2.75) is 52.2 Å². The van der Waals surface area contributed by atoms with E-state index in [0.717, 1.165) is 19.1 Å². The van der Waals surface area contributed by atoms with E-state index in [1.165, 1.54) is 0 Å². The lowest BCUT2D eigenvalue weighted by Gasteiger charge is -2.23. The predicted molar refractivity (Wildman–Crippen MR) is 61.1 cm³/mol. The summed E-state index contributed by atoms with van der Waals surface area (Å²) in [6.45, 7) is 7.50. The van der Waals surface area contributed by atoms with Crippen LogP contribution in [-0.4, -0.2) is 24.0 Å². The van der Waals surface area contributed by atoms with Crippen LogP contribution < -0.4 is 5.32 Å². The Kier molecular flexibility index (Phi) is 3.94. The average molecular weight is 227 g/mol. The Balaban J connectivity index is 2.48. The predicted octanol–water partition coefficient (Wildman–Crippen LogP) is 2.12. The highest BCUT2D eigenvalue weighted by atomic mass is 16.6. The number of alkyl carbamates (subject to hydrolysis) is 1. The van der Waals surface area contributed by atoms with Crippen LogP contribution in [0, 0.1) is 11.8 Å². The molecule has 0 bridgehead atoms. The number of carbonyl (C=O) groups is 2. The molecule has 16 heavy (non-hydrogen) atoms. The Labute approximate surface area is 96.7 Å². The molecule has 0 aromatic heterocycles. The number of hydrogen-bond donors (Lipinski definition) is 1. The minimum Gasteiger partial charge on any atom is -0.444 e. The fraction of sp³-hybridized carbons (Fsp3) is 0.833. The van der Waals surface area contributed by atoms with Gasteiger partial charge in [0.15, 0.2) is 0 Å². The van der Waals surface area contributed by atoms with Gasteiger partial charge in [0.05, 0.1) is 0 Å². The summed E-state index contributed by atoms with van der Waals surface area (Å²) < 4.78 is 5.16. The normalized spacial score (nSPS) is 29.9. The van der Waals surface area contributed by atoms with Gasteiger partial charge in [-0.15, -0.1) is 0 Å². The van der Waals surface area contributed by atoms with Crippen LogP contribution in [0.15, 0.2) is 0 Å². The topological polar surface area (TPSA) is 55.4 Å². The molecule has 1 fully saturated rings. The van der Waals surface area contributed by atoms with Crippen LogP contribution in [0.4, 0.5) is 4.79 Å². The van der Waals surface area contributed by atoms with Gasteiger partial charge in [-0.05, 0) is 39.5 Å². The van der Waals surface area contributed by atoms with Gasteiger partial charge in [0.1, 0.15) is 11.9 Å². The van der Waals surface area contributed by atoms with Crippen molar-refractivity contribution < 1.29 is 14.3 Å². The molecule has 4 nitrogen and oxygen atoms in total. The molecule has 1 saturated carbocycles. The number of hydrogen-bond acceptors (Lipinski definition) is 3. The molecule has 0 aromatic carbocycles. The molecule has 3 unspecified atom stereocenters. The molecule has 0 radical (unpaired) electrons. The lowest BCUT2D eigenvalue weighted by molar-refractivity contribution is -0.112. The summed E-state index contributed by atoms with van der Waals surface area (Å²) in [7, 11) is 0. The highest BCUT2D eigenvalue weighted by Crippen LogP contribution is 2.30. The third-order valence-corrected chi connectivity index (χ3v) is 2.91. The van der Waals surface area contributed by atoms with E-state index in [1.807, 2.05) is 27.7 Å². The van der Waals surface area contributed by atoms with Crippen LogP contribution in [0.3, 0.4) is 0 Å². The number of ether oxygens (including phenoxy) is 1. The molecule has 0 saturated heterocycles. The zero-order valence-electron chi connectivity index (χ0n) is 10.4. The second kappa shape index (κ2) is 4.85. The van der Waals surface area contributed by atoms with Crippen LogP contribution in [0.25, 0.3) is 0 Å². The van der Waals surface area contributed by atoms with E-state index in [-0.39, 0.29) is 12.0 Å². The SMILES string of the molecule is CC1CCC(NC(=O)OC(C)(C)C)C1C=O. The van der Waals surface area contributed by atoms with Crippen molar-refractivity contribution >= 4 is 12.4 Å². The molecule has 1 N–H and O–H groups in total. The summed E-state index contributed by atoms with van der Waals surface area (Å²) in [5.74, 6) is 0.268. The molecule has 0 aromatic rings. The van der Waals surface area contributed by atoms with Crippen molar-refractivity contribution in [2.75, 3.05) is 0 Å². The Morgan fingerprint density at radius 1 is 1.38 bits per heavy atom. The molecular weight excluding hydrogens is 206 g/mol. The van der Waals surface area contributed by atoms with E-state index >= 15 is 0 Å². The molecule has 1 aliphatic carbocycles. The molecule has 3 atom stereocenters. The summed E-state index contributed by atoms with van der Waals surface area (Å²) in [6.07, 6.45) is 2.34. The molecule has 0 aliphatic heterocycles. The molecule has 0 spiro atoms. The first-order chi connectivity index (χ1) is 7.33. The van der Waals surface area contributed by atoms with Crippen molar-refractivity contribution in [2.24, 2.45) is 11.8 Å². The summed E-state index contributed by atoms with van der Waals surface area (Å²) in [4.78, 5) is 22.4. The third-order valence-electron chi connectivity index (χ3n) is 2.91. The van der Waals surface area contributed by atoms with Crippen LogP contribution >= 0.6 is 0 Å². The minimum atomic E-state index is -0.495. The van der Waals surface area contributed by atoms with E-state index in [1.54, 1.807) is 0 Å². The maximum atomic E-state index is 11.5. The molecule has 1 amide bonds. The smallest absolute Gasteiger partial charge is 0.407 e. The van der Waals surface area contributed by atoms with Crippen molar-refractivity contribution in [1.82, 2.24) is 5.32 Å². The van der Waals surface area contributed by atoms with Crippen molar-refractivity contribution in [3.8, 4) is 0 Å². The van der Waals surface area contributed by atoms with Crippen LogP contribution in [-0.2, 0) is 9.53 Å². The summed E-state index contributed by atoms with van der Waals surface area (Å²) in [6, 6.07) is -0.0673. The lowest BCUT2D eigenvalue weighted by Crippen LogP contribution is -2.42. The molecule has 92 valence electrons. The van der Waals surface area contributed by atoms with Crippen LogP contribution in [0.1, 0.15) is 40.5 Å². The first-order valence-electron chi connectivity index (χ1n) is 5.78. The van der Waals surface area contributed by atoms with Gasteiger partial charge in [0.25, 0.3) is 0 Å². The number of rotatable bonds is 2. The zero-order chi connectivity index (χ0) is 12.3. The van der Waals surface area contributed by atoms with Gasteiger partial charge < -0.3 is 14.8 Å². The standard InChI is InChI=1S/C12H21NO3/c1-8-5-6-10(9(8)7-14)13-11(15)16-12(2,3)4/h7-10H,5-6H2,1-4H3,(H,13,15). The van der Waals surface area contributed by atoms with E-state index in [4.69, 9.17) is 4.74 Å². The van der Waals surface area contributed by atoms with Gasteiger partial charge in [-0.3, -0.25) is 0 Å². The molecule has 0 heterocycles. The fourth-order valence-corrected chi connectivity index (χ4v) is 2.08. The molecule has 1 aliphatic rings. The first-order valence-corrected chi connectivity index (χ1v) is 5.78. The maximum Gasteiger partial charge on any atom is 0.407 e. The quantitative estimate of drug-likeness (QED) is 0.735. The van der Waals surface area contributed by atoms with Gasteiger partial charge in [0, 0.05) is 12.0 Å². The summed E-state index contributed by atoms with van der Waals surface area (Å²) in [5.41, 5.74) is -0.495. The van der Waals surface area contributed by atoms with Crippen molar-refractivity contribution in [1.29, 1.82) is 0 Å². The average Bonchev–Trinajstić information content (AvgIpc) is 2.43. The monoisotopic (exact) mass is 227 g/mol. The Morgan fingerprint density at radius 2 is 2.00 bits per heavy atom. The van der Waals surface area contributed by atoms with E-state index in [0.29, 0.717) is 5.92 Å². The number of carbonyl (C=O) groups excluding carboxylic acids is 2. The van der Waals surface area contributed by atoms with Gasteiger partial charge in [-0.1, -0.05) is 6.92 Å². The fourth-order valence-electron chi connectivity index (χ4n) is 2.08. The zero-order valence-corrected chi connectivity index (χ0v) is 10.4. The second-order valence-corrected chi connectivity index (χ2v) is 5.52. The van der Waals surface area contributed by atoms with Gasteiger partial charge >= 0.3 is 6.09 Å². The Hall–Kier alpha value is -1.06. The lowest BCUT2D eigenvalue weighted by atomic mass is 9.97. The van der Waals surface area contributed by atoms with Gasteiger partial charge in [0.2, 0.25) is 0 Å². The van der Waals surface area contributed by atoms with Gasteiger partial charge in [-0.25, -0.2) is 4.79 Å². The van der Waals surface area contributed by atoms with Crippen molar-refractivity contribution in [3.05, 3.63) is 0 Å². The highest BCUT2D eigenvalue weighted by molar-refractivity contribution is 5.69. The maximum absolute atomic E-state index is 11.5. The van der Waals surface area contributed by atoms with E-state index < -0.39 is 11.7 Å². The van der Waals surface area contributed by atoms with E-state index in [9.17, 15) is 9.59 Å². The number of aldehydes is 1. The minimum absolute atomic E-state index is 0.0673. The largest absolute Gasteiger partial charge is 0.444 e. The van der Waals surface area contributed by atoms with Gasteiger partial charge in [-0.2, -0.15) is 0 Å². The molecule has 1 rings (SSSR count). The summed E-state index contributed by atoms with van der Waals surface area (Å²) >= 11 is 0.